The van der Waals surface area contributed by atoms with E-state index >= 15 is 0 Å². The zero-order chi connectivity index (χ0) is 10.8. The molecule has 0 aliphatic heterocycles. The molecule has 4 heteroatoms. The van der Waals surface area contributed by atoms with Crippen LogP contribution in [0.3, 0.4) is 0 Å². The van der Waals surface area contributed by atoms with Crippen LogP contribution in [0.25, 0.3) is 10.9 Å². The number of fused-ring (bicyclic) bond motifs is 1. The van der Waals surface area contributed by atoms with E-state index in [4.69, 9.17) is 5.11 Å². The third-order valence-corrected chi connectivity index (χ3v) is 2.30. The smallest absolute Gasteiger partial charge is 0.305 e. The molecule has 0 saturated carbocycles. The molecule has 0 amide bonds. The second-order valence-corrected chi connectivity index (χ2v) is 3.36. The summed E-state index contributed by atoms with van der Waals surface area (Å²) < 4.78 is 14.7. The van der Waals surface area contributed by atoms with Crippen molar-refractivity contribution < 1.29 is 14.3 Å². The van der Waals surface area contributed by atoms with Crippen LogP contribution < -0.4 is 0 Å². The molecule has 0 bridgehead atoms. The van der Waals surface area contributed by atoms with Crippen LogP contribution in [0.5, 0.6) is 0 Å². The maximum Gasteiger partial charge on any atom is 0.305 e. The second kappa shape index (κ2) is 3.73. The number of benzene rings is 1. The minimum atomic E-state index is -0.834. The summed E-state index contributed by atoms with van der Waals surface area (Å²) in [6, 6.07) is 6.25. The quantitative estimate of drug-likeness (QED) is 0.838. The largest absolute Gasteiger partial charge is 0.481 e. The maximum atomic E-state index is 12.9. The molecule has 78 valence electrons. The summed E-state index contributed by atoms with van der Waals surface area (Å²) in [5, 5.41) is 9.35. The molecule has 0 atom stereocenters. The molecule has 1 heterocycles. The Labute approximate surface area is 85.7 Å². The summed E-state index contributed by atoms with van der Waals surface area (Å²) in [5.74, 6) is -1.11. The van der Waals surface area contributed by atoms with Crippen molar-refractivity contribution in [3.63, 3.8) is 0 Å². The Morgan fingerprint density at radius 2 is 2.20 bits per heavy atom. The van der Waals surface area contributed by atoms with Gasteiger partial charge in [-0.15, -0.1) is 0 Å². The molecule has 0 fully saturated rings. The normalized spacial score (nSPS) is 10.7. The van der Waals surface area contributed by atoms with Gasteiger partial charge >= 0.3 is 5.97 Å². The first-order chi connectivity index (χ1) is 7.16. The van der Waals surface area contributed by atoms with Gasteiger partial charge < -0.3 is 9.67 Å². The van der Waals surface area contributed by atoms with E-state index in [-0.39, 0.29) is 12.2 Å². The number of carboxylic acid groups (broad SMARTS) is 1. The van der Waals surface area contributed by atoms with Crippen LogP contribution in [0.15, 0.2) is 30.5 Å². The van der Waals surface area contributed by atoms with Crippen LogP contribution in [-0.2, 0) is 11.3 Å². The van der Waals surface area contributed by atoms with E-state index < -0.39 is 5.97 Å². The molecule has 0 unspecified atom stereocenters. The maximum absolute atomic E-state index is 12.9. The zero-order valence-electron chi connectivity index (χ0n) is 7.98. The molecule has 1 aromatic heterocycles. The number of aliphatic carboxylic acids is 1. The Kier molecular flexibility index (Phi) is 2.41. The van der Waals surface area contributed by atoms with Gasteiger partial charge in [-0.25, -0.2) is 4.39 Å². The third kappa shape index (κ3) is 1.98. The topological polar surface area (TPSA) is 42.2 Å². The van der Waals surface area contributed by atoms with E-state index in [1.165, 1.54) is 12.1 Å². The molecule has 0 saturated heterocycles. The number of nitrogens with zero attached hydrogens (tertiary/aromatic N) is 1. The van der Waals surface area contributed by atoms with E-state index in [1.54, 1.807) is 18.3 Å². The molecular formula is C11H10FNO2. The highest BCUT2D eigenvalue weighted by molar-refractivity contribution is 5.80. The number of carboxylic acids is 1. The molecule has 0 spiro atoms. The van der Waals surface area contributed by atoms with Crippen molar-refractivity contribution in [2.45, 2.75) is 13.0 Å². The Hall–Kier alpha value is -1.84. The van der Waals surface area contributed by atoms with Gasteiger partial charge in [0, 0.05) is 23.6 Å². The molecule has 0 aliphatic carbocycles. The highest BCUT2D eigenvalue weighted by atomic mass is 19.1. The van der Waals surface area contributed by atoms with Crippen LogP contribution in [0.4, 0.5) is 4.39 Å². The van der Waals surface area contributed by atoms with E-state index in [9.17, 15) is 9.18 Å². The highest BCUT2D eigenvalue weighted by Gasteiger charge is 2.03. The average molecular weight is 207 g/mol. The minimum absolute atomic E-state index is 0.0706. The van der Waals surface area contributed by atoms with Crippen LogP contribution >= 0.6 is 0 Å². The summed E-state index contributed by atoms with van der Waals surface area (Å²) in [6.45, 7) is 0.407. The van der Waals surface area contributed by atoms with E-state index in [0.717, 1.165) is 10.9 Å². The summed E-state index contributed by atoms with van der Waals surface area (Å²) in [6.07, 6.45) is 1.84. The lowest BCUT2D eigenvalue weighted by atomic mass is 10.2. The summed E-state index contributed by atoms with van der Waals surface area (Å²) >= 11 is 0. The van der Waals surface area contributed by atoms with Gasteiger partial charge in [0.05, 0.1) is 6.42 Å². The van der Waals surface area contributed by atoms with Gasteiger partial charge in [-0.05, 0) is 24.3 Å². The van der Waals surface area contributed by atoms with E-state index in [0.29, 0.717) is 6.54 Å². The first-order valence-electron chi connectivity index (χ1n) is 4.63. The summed E-state index contributed by atoms with van der Waals surface area (Å²) in [4.78, 5) is 10.4. The summed E-state index contributed by atoms with van der Waals surface area (Å²) in [5.41, 5.74) is 0.859. The zero-order valence-corrected chi connectivity index (χ0v) is 7.98. The van der Waals surface area contributed by atoms with Crippen LogP contribution in [0.2, 0.25) is 0 Å². The molecule has 1 aromatic carbocycles. The van der Waals surface area contributed by atoms with Gasteiger partial charge in [0.25, 0.3) is 0 Å². The fraction of sp³-hybridized carbons (Fsp3) is 0.182. The summed E-state index contributed by atoms with van der Waals surface area (Å²) in [7, 11) is 0. The molecule has 15 heavy (non-hydrogen) atoms. The Morgan fingerprint density at radius 3 is 2.93 bits per heavy atom. The van der Waals surface area contributed by atoms with Crippen molar-refractivity contribution >= 4 is 16.9 Å². The predicted octanol–water partition coefficient (Wildman–Crippen LogP) is 2.26. The molecular weight excluding hydrogens is 197 g/mol. The molecule has 2 rings (SSSR count). The van der Waals surface area contributed by atoms with Crippen molar-refractivity contribution in [1.29, 1.82) is 0 Å². The van der Waals surface area contributed by atoms with Gasteiger partial charge in [-0.3, -0.25) is 4.79 Å². The van der Waals surface area contributed by atoms with Crippen molar-refractivity contribution in [3.05, 3.63) is 36.3 Å². The Bertz CT molecular complexity index is 504. The van der Waals surface area contributed by atoms with E-state index in [2.05, 4.69) is 0 Å². The van der Waals surface area contributed by atoms with E-state index in [1.807, 2.05) is 4.57 Å². The van der Waals surface area contributed by atoms with Crippen molar-refractivity contribution in [1.82, 2.24) is 4.57 Å². The van der Waals surface area contributed by atoms with Gasteiger partial charge in [-0.1, -0.05) is 0 Å². The number of carbonyl (C=O) groups is 1. The Balaban J connectivity index is 2.32. The van der Waals surface area contributed by atoms with Crippen LogP contribution in [0, 0.1) is 5.82 Å². The fourth-order valence-corrected chi connectivity index (χ4v) is 1.58. The van der Waals surface area contributed by atoms with Gasteiger partial charge in [-0.2, -0.15) is 0 Å². The van der Waals surface area contributed by atoms with Gasteiger partial charge in [0.2, 0.25) is 0 Å². The standard InChI is InChI=1S/C11H10FNO2/c12-9-1-2-10-8(7-9)3-5-13(10)6-4-11(14)15/h1-3,5,7H,4,6H2,(H,14,15). The molecule has 1 N–H and O–H groups in total. The lowest BCUT2D eigenvalue weighted by molar-refractivity contribution is -0.137. The fourth-order valence-electron chi connectivity index (χ4n) is 1.58. The van der Waals surface area contributed by atoms with Gasteiger partial charge in [0.15, 0.2) is 0 Å². The number of halogens is 1. The minimum Gasteiger partial charge on any atom is -0.481 e. The molecule has 2 aromatic rings. The monoisotopic (exact) mass is 207 g/mol. The lowest BCUT2D eigenvalue weighted by Crippen LogP contribution is -2.03. The van der Waals surface area contributed by atoms with Crippen LogP contribution in [-0.4, -0.2) is 15.6 Å². The lowest BCUT2D eigenvalue weighted by Gasteiger charge is -2.02. The SMILES string of the molecule is O=C(O)CCn1ccc2cc(F)ccc21. The first-order valence-corrected chi connectivity index (χ1v) is 4.63. The second-order valence-electron chi connectivity index (χ2n) is 3.36. The number of hydrogen-bond donors (Lipinski definition) is 1. The van der Waals surface area contributed by atoms with Crippen molar-refractivity contribution in [3.8, 4) is 0 Å². The highest BCUT2D eigenvalue weighted by Crippen LogP contribution is 2.17. The first kappa shape index (κ1) is 9.71. The van der Waals surface area contributed by atoms with Crippen LogP contribution in [0.1, 0.15) is 6.42 Å². The Morgan fingerprint density at radius 1 is 1.40 bits per heavy atom. The molecule has 3 nitrogen and oxygen atoms in total. The number of aromatic nitrogens is 1. The molecule has 0 radical (unpaired) electrons. The number of hydrogen-bond acceptors (Lipinski definition) is 1. The average Bonchev–Trinajstić information content (AvgIpc) is 2.57. The van der Waals surface area contributed by atoms with Crippen molar-refractivity contribution in [2.75, 3.05) is 0 Å². The number of rotatable bonds is 3. The van der Waals surface area contributed by atoms with Crippen molar-refractivity contribution in [2.24, 2.45) is 0 Å². The third-order valence-electron chi connectivity index (χ3n) is 2.30. The predicted molar refractivity (Wildman–Crippen MR) is 54.1 cm³/mol. The number of aryl methyl sites for hydroxylation is 1. The van der Waals surface area contributed by atoms with Gasteiger partial charge in [0.1, 0.15) is 5.82 Å². The molecule has 0 aliphatic rings.